The first-order chi connectivity index (χ1) is 8.69. The zero-order valence-electron chi connectivity index (χ0n) is 11.0. The number of aromatic nitrogens is 3. The number of hydrogen-bond acceptors (Lipinski definition) is 3. The lowest BCUT2D eigenvalue weighted by Crippen LogP contribution is -2.27. The van der Waals surface area contributed by atoms with Crippen LogP contribution in [-0.4, -0.2) is 20.8 Å². The van der Waals surface area contributed by atoms with E-state index in [1.54, 1.807) is 0 Å². The van der Waals surface area contributed by atoms with Gasteiger partial charge in [-0.3, -0.25) is 9.67 Å². The molecule has 0 aliphatic carbocycles. The third-order valence-corrected chi connectivity index (χ3v) is 2.95. The molecule has 0 saturated heterocycles. The van der Waals surface area contributed by atoms with Crippen LogP contribution in [0.3, 0.4) is 0 Å². The first-order valence-electron chi connectivity index (χ1n) is 6.38. The fraction of sp³-hybridized carbons (Fsp3) is 0.429. The molecule has 2 rings (SSSR count). The van der Waals surface area contributed by atoms with E-state index in [0.717, 1.165) is 30.8 Å². The summed E-state index contributed by atoms with van der Waals surface area (Å²) in [6, 6.07) is 8.13. The lowest BCUT2D eigenvalue weighted by atomic mass is 10.1. The van der Waals surface area contributed by atoms with Crippen LogP contribution >= 0.6 is 0 Å². The van der Waals surface area contributed by atoms with Crippen LogP contribution in [0.4, 0.5) is 0 Å². The molecule has 4 nitrogen and oxygen atoms in total. The highest BCUT2D eigenvalue weighted by Crippen LogP contribution is 2.08. The van der Waals surface area contributed by atoms with Gasteiger partial charge in [-0.2, -0.15) is 5.10 Å². The largest absolute Gasteiger partial charge is 0.327 e. The summed E-state index contributed by atoms with van der Waals surface area (Å²) in [4.78, 5) is 4.31. The summed E-state index contributed by atoms with van der Waals surface area (Å²) < 4.78 is 2.02. The summed E-state index contributed by atoms with van der Waals surface area (Å²) >= 11 is 0. The molecule has 0 radical (unpaired) electrons. The highest BCUT2D eigenvalue weighted by molar-refractivity contribution is 5.12. The molecule has 0 fully saturated rings. The number of aryl methyl sites for hydroxylation is 2. The van der Waals surface area contributed by atoms with E-state index in [9.17, 15) is 0 Å². The van der Waals surface area contributed by atoms with E-state index in [0.29, 0.717) is 0 Å². The van der Waals surface area contributed by atoms with Crippen LogP contribution in [0.25, 0.3) is 0 Å². The molecule has 2 heterocycles. The molecule has 0 amide bonds. The van der Waals surface area contributed by atoms with Gasteiger partial charge in [0.25, 0.3) is 0 Å². The molecule has 1 atom stereocenters. The monoisotopic (exact) mass is 244 g/mol. The van der Waals surface area contributed by atoms with Crippen molar-refractivity contribution in [2.75, 3.05) is 0 Å². The summed E-state index contributed by atoms with van der Waals surface area (Å²) in [6.45, 7) is 5.00. The highest BCUT2D eigenvalue weighted by Gasteiger charge is 2.10. The molecule has 4 heteroatoms. The van der Waals surface area contributed by atoms with Crippen molar-refractivity contribution in [2.24, 2.45) is 5.73 Å². The summed E-state index contributed by atoms with van der Waals surface area (Å²) in [7, 11) is 0. The van der Waals surface area contributed by atoms with Gasteiger partial charge >= 0.3 is 0 Å². The Kier molecular flexibility index (Phi) is 4.10. The van der Waals surface area contributed by atoms with Crippen LogP contribution in [-0.2, 0) is 19.4 Å². The average molecular weight is 244 g/mol. The first kappa shape index (κ1) is 12.8. The Morgan fingerprint density at radius 2 is 2.17 bits per heavy atom. The van der Waals surface area contributed by atoms with Crippen LogP contribution in [0.1, 0.15) is 24.0 Å². The minimum absolute atomic E-state index is 0.0845. The minimum atomic E-state index is 0.0845. The zero-order valence-corrected chi connectivity index (χ0v) is 11.0. The van der Waals surface area contributed by atoms with Crippen LogP contribution in [0, 0.1) is 6.92 Å². The topological polar surface area (TPSA) is 56.7 Å². The van der Waals surface area contributed by atoms with Gasteiger partial charge < -0.3 is 5.73 Å². The molecule has 0 spiro atoms. The Bertz CT molecular complexity index is 490. The van der Waals surface area contributed by atoms with Crippen molar-refractivity contribution in [3.8, 4) is 0 Å². The van der Waals surface area contributed by atoms with Crippen molar-refractivity contribution in [1.29, 1.82) is 0 Å². The first-order valence-corrected chi connectivity index (χ1v) is 6.38. The summed E-state index contributed by atoms with van der Waals surface area (Å²) in [5.74, 6) is 0. The van der Waals surface area contributed by atoms with Gasteiger partial charge in [0.15, 0.2) is 0 Å². The van der Waals surface area contributed by atoms with Crippen molar-refractivity contribution < 1.29 is 0 Å². The molecule has 0 aliphatic rings. The SMILES string of the molecule is CCn1nc(C)cc1CC(N)Cc1ccccn1. The molecule has 0 bridgehead atoms. The van der Waals surface area contributed by atoms with Gasteiger partial charge in [0.1, 0.15) is 0 Å². The predicted molar refractivity (Wildman–Crippen MR) is 72.3 cm³/mol. The van der Waals surface area contributed by atoms with Crippen molar-refractivity contribution in [1.82, 2.24) is 14.8 Å². The second-order valence-electron chi connectivity index (χ2n) is 4.58. The van der Waals surface area contributed by atoms with Gasteiger partial charge in [-0.1, -0.05) is 6.07 Å². The predicted octanol–water partition coefficient (Wildman–Crippen LogP) is 1.72. The number of nitrogens with two attached hydrogens (primary N) is 1. The molecular weight excluding hydrogens is 224 g/mol. The summed E-state index contributed by atoms with van der Waals surface area (Å²) in [5.41, 5.74) is 9.49. The molecule has 1 unspecified atom stereocenters. The van der Waals surface area contributed by atoms with Crippen molar-refractivity contribution >= 4 is 0 Å². The van der Waals surface area contributed by atoms with Crippen molar-refractivity contribution in [3.63, 3.8) is 0 Å². The van der Waals surface area contributed by atoms with E-state index in [4.69, 9.17) is 5.73 Å². The fourth-order valence-electron chi connectivity index (χ4n) is 2.17. The molecule has 0 aliphatic heterocycles. The van der Waals surface area contributed by atoms with Crippen LogP contribution in [0.2, 0.25) is 0 Å². The van der Waals surface area contributed by atoms with E-state index < -0.39 is 0 Å². The van der Waals surface area contributed by atoms with Gasteiger partial charge in [0, 0.05) is 43.0 Å². The zero-order chi connectivity index (χ0) is 13.0. The quantitative estimate of drug-likeness (QED) is 0.871. The summed E-state index contributed by atoms with van der Waals surface area (Å²) in [6.07, 6.45) is 3.45. The second-order valence-corrected chi connectivity index (χ2v) is 4.58. The Hall–Kier alpha value is -1.68. The van der Waals surface area contributed by atoms with E-state index in [-0.39, 0.29) is 6.04 Å². The van der Waals surface area contributed by atoms with Gasteiger partial charge in [0.05, 0.1) is 5.69 Å². The molecule has 0 aromatic carbocycles. The third kappa shape index (κ3) is 3.17. The van der Waals surface area contributed by atoms with E-state index in [1.807, 2.05) is 36.0 Å². The molecule has 2 aromatic rings. The van der Waals surface area contributed by atoms with Gasteiger partial charge in [-0.05, 0) is 32.0 Å². The maximum atomic E-state index is 6.19. The molecule has 0 saturated carbocycles. The fourth-order valence-corrected chi connectivity index (χ4v) is 2.17. The molecule has 96 valence electrons. The van der Waals surface area contributed by atoms with E-state index >= 15 is 0 Å². The molecule has 2 aromatic heterocycles. The molecule has 18 heavy (non-hydrogen) atoms. The van der Waals surface area contributed by atoms with Crippen molar-refractivity contribution in [3.05, 3.63) is 47.5 Å². The van der Waals surface area contributed by atoms with Gasteiger partial charge in [-0.25, -0.2) is 0 Å². The molecular formula is C14H20N4. The van der Waals surface area contributed by atoms with E-state index in [2.05, 4.69) is 23.1 Å². The number of hydrogen-bond donors (Lipinski definition) is 1. The maximum Gasteiger partial charge on any atom is 0.0596 e. The van der Waals surface area contributed by atoms with Crippen molar-refractivity contribution in [2.45, 2.75) is 39.3 Å². The smallest absolute Gasteiger partial charge is 0.0596 e. The minimum Gasteiger partial charge on any atom is -0.327 e. The van der Waals surface area contributed by atoms with Crippen LogP contribution in [0.15, 0.2) is 30.5 Å². The Labute approximate surface area is 108 Å². The highest BCUT2D eigenvalue weighted by atomic mass is 15.3. The summed E-state index contributed by atoms with van der Waals surface area (Å²) in [5, 5.41) is 4.43. The standard InChI is InChI=1S/C14H20N4/c1-3-18-14(8-11(2)17-18)10-12(15)9-13-6-4-5-7-16-13/h4-8,12H,3,9-10,15H2,1-2H3. The van der Waals surface area contributed by atoms with Gasteiger partial charge in [0.2, 0.25) is 0 Å². The Balaban J connectivity index is 2.00. The lowest BCUT2D eigenvalue weighted by Gasteiger charge is -2.12. The Morgan fingerprint density at radius 1 is 1.33 bits per heavy atom. The Morgan fingerprint density at radius 3 is 2.83 bits per heavy atom. The van der Waals surface area contributed by atoms with Crippen LogP contribution in [0.5, 0.6) is 0 Å². The number of nitrogens with zero attached hydrogens (tertiary/aromatic N) is 3. The number of pyridine rings is 1. The average Bonchev–Trinajstić information content (AvgIpc) is 2.70. The maximum absolute atomic E-state index is 6.19. The second kappa shape index (κ2) is 5.78. The number of rotatable bonds is 5. The lowest BCUT2D eigenvalue weighted by molar-refractivity contribution is 0.571. The van der Waals surface area contributed by atoms with E-state index in [1.165, 1.54) is 5.69 Å². The van der Waals surface area contributed by atoms with Gasteiger partial charge in [-0.15, -0.1) is 0 Å². The molecule has 2 N–H and O–H groups in total. The normalized spacial score (nSPS) is 12.6. The third-order valence-electron chi connectivity index (χ3n) is 2.95. The van der Waals surface area contributed by atoms with Crippen LogP contribution < -0.4 is 5.73 Å².